The molecule has 3 heterocycles. The maximum Gasteiger partial charge on any atom is 0.125 e. The Morgan fingerprint density at radius 1 is 1.21 bits per heavy atom. The van der Waals surface area contributed by atoms with Gasteiger partial charge in [-0.05, 0) is 19.1 Å². The van der Waals surface area contributed by atoms with Gasteiger partial charge in [-0.25, -0.2) is 15.0 Å². The van der Waals surface area contributed by atoms with E-state index in [1.165, 1.54) is 0 Å². The predicted octanol–water partition coefficient (Wildman–Crippen LogP) is 2.32. The smallest absolute Gasteiger partial charge is 0.125 e. The lowest BCUT2D eigenvalue weighted by Crippen LogP contribution is -2.06. The zero-order valence-corrected chi connectivity index (χ0v) is 11.2. The number of hydrogen-bond donors (Lipinski definition) is 0. The lowest BCUT2D eigenvalue weighted by molar-refractivity contribution is 0.749. The van der Waals surface area contributed by atoms with Crippen LogP contribution in [0.25, 0.3) is 11.0 Å². The number of nitrogens with zero attached hydrogens (tertiary/aromatic N) is 5. The van der Waals surface area contributed by atoms with Gasteiger partial charge >= 0.3 is 0 Å². The van der Waals surface area contributed by atoms with Crippen LogP contribution >= 0.6 is 11.6 Å². The fourth-order valence-electron chi connectivity index (χ4n) is 2.07. The molecule has 0 saturated carbocycles. The highest BCUT2D eigenvalue weighted by atomic mass is 35.5. The van der Waals surface area contributed by atoms with Crippen molar-refractivity contribution in [3.63, 3.8) is 0 Å². The van der Waals surface area contributed by atoms with Gasteiger partial charge < -0.3 is 4.57 Å². The molecule has 3 rings (SSSR count). The van der Waals surface area contributed by atoms with E-state index in [4.69, 9.17) is 11.6 Å². The maximum atomic E-state index is 5.96. The third kappa shape index (κ3) is 2.29. The van der Waals surface area contributed by atoms with Crippen molar-refractivity contribution in [3.8, 4) is 0 Å². The highest BCUT2D eigenvalue weighted by molar-refractivity contribution is 6.16. The molecule has 3 aromatic heterocycles. The second-order valence-corrected chi connectivity index (χ2v) is 4.47. The maximum absolute atomic E-state index is 5.96. The summed E-state index contributed by atoms with van der Waals surface area (Å²) in [5.74, 6) is 1.94. The molecule has 19 heavy (non-hydrogen) atoms. The van der Waals surface area contributed by atoms with Gasteiger partial charge in [0.05, 0.1) is 29.8 Å². The summed E-state index contributed by atoms with van der Waals surface area (Å²) in [4.78, 5) is 17.1. The zero-order chi connectivity index (χ0) is 13.2. The van der Waals surface area contributed by atoms with E-state index < -0.39 is 0 Å². The Hall–Kier alpha value is -2.01. The molecule has 0 N–H and O–H groups in total. The third-order valence-electron chi connectivity index (χ3n) is 2.90. The molecule has 0 aliphatic carbocycles. The van der Waals surface area contributed by atoms with Crippen LogP contribution < -0.4 is 0 Å². The van der Waals surface area contributed by atoms with Gasteiger partial charge in [0.25, 0.3) is 0 Å². The van der Waals surface area contributed by atoms with E-state index in [1.54, 1.807) is 18.6 Å². The number of aromatic nitrogens is 5. The molecule has 6 heteroatoms. The number of halogens is 1. The summed E-state index contributed by atoms with van der Waals surface area (Å²) >= 11 is 5.96. The molecule has 0 saturated heterocycles. The van der Waals surface area contributed by atoms with E-state index in [0.29, 0.717) is 12.4 Å². The van der Waals surface area contributed by atoms with Crippen LogP contribution in [0.15, 0.2) is 30.7 Å². The minimum atomic E-state index is 0.360. The van der Waals surface area contributed by atoms with Crippen molar-refractivity contribution in [2.45, 2.75) is 19.3 Å². The molecule has 0 bridgehead atoms. The Labute approximate surface area is 115 Å². The second-order valence-electron chi connectivity index (χ2n) is 4.21. The molecule has 96 valence electrons. The topological polar surface area (TPSA) is 56.5 Å². The second kappa shape index (κ2) is 4.93. The van der Waals surface area contributed by atoms with Crippen molar-refractivity contribution in [1.82, 2.24) is 24.5 Å². The van der Waals surface area contributed by atoms with E-state index in [9.17, 15) is 0 Å². The molecule has 0 aliphatic rings. The minimum Gasteiger partial charge on any atom is -0.321 e. The van der Waals surface area contributed by atoms with Gasteiger partial charge in [0, 0.05) is 12.4 Å². The Kier molecular flexibility index (Phi) is 3.13. The van der Waals surface area contributed by atoms with Crippen molar-refractivity contribution in [2.24, 2.45) is 0 Å². The van der Waals surface area contributed by atoms with Gasteiger partial charge in [-0.3, -0.25) is 4.98 Å². The molecular weight excluding hydrogens is 262 g/mol. The molecule has 0 amide bonds. The summed E-state index contributed by atoms with van der Waals surface area (Å²) < 4.78 is 2.06. The molecule has 3 aromatic rings. The number of imidazole rings is 1. The van der Waals surface area contributed by atoms with Gasteiger partial charge in [0.1, 0.15) is 17.2 Å². The molecule has 0 aliphatic heterocycles. The number of aryl methyl sites for hydroxylation is 1. The van der Waals surface area contributed by atoms with Crippen molar-refractivity contribution >= 4 is 22.6 Å². The molecule has 0 aromatic carbocycles. The summed E-state index contributed by atoms with van der Waals surface area (Å²) in [6.45, 7) is 2.51. The number of hydrogen-bond acceptors (Lipinski definition) is 4. The molecule has 5 nitrogen and oxygen atoms in total. The SMILES string of the molecule is Cc1nccc(Cn2c(CCl)nc3cnccc32)n1. The Morgan fingerprint density at radius 2 is 2.11 bits per heavy atom. The Bertz CT molecular complexity index is 722. The summed E-state index contributed by atoms with van der Waals surface area (Å²) in [6.07, 6.45) is 5.26. The van der Waals surface area contributed by atoms with E-state index in [2.05, 4.69) is 24.5 Å². The number of pyridine rings is 1. The highest BCUT2D eigenvalue weighted by Crippen LogP contribution is 2.17. The first-order chi connectivity index (χ1) is 9.28. The van der Waals surface area contributed by atoms with Gasteiger partial charge in [0.15, 0.2) is 0 Å². The van der Waals surface area contributed by atoms with Crippen LogP contribution in [0.4, 0.5) is 0 Å². The average Bonchev–Trinajstić information content (AvgIpc) is 2.77. The summed E-state index contributed by atoms with van der Waals surface area (Å²) in [5, 5.41) is 0. The van der Waals surface area contributed by atoms with Crippen molar-refractivity contribution in [1.29, 1.82) is 0 Å². The van der Waals surface area contributed by atoms with Crippen molar-refractivity contribution in [3.05, 3.63) is 48.1 Å². The Balaban J connectivity index is 2.08. The Morgan fingerprint density at radius 3 is 2.89 bits per heavy atom. The van der Waals surface area contributed by atoms with Crippen LogP contribution in [0, 0.1) is 6.92 Å². The molecule has 0 radical (unpaired) electrons. The number of fused-ring (bicyclic) bond motifs is 1. The van der Waals surface area contributed by atoms with Gasteiger partial charge in [-0.15, -0.1) is 11.6 Å². The summed E-state index contributed by atoms with van der Waals surface area (Å²) in [5.41, 5.74) is 2.81. The van der Waals surface area contributed by atoms with Gasteiger partial charge in [0.2, 0.25) is 0 Å². The van der Waals surface area contributed by atoms with E-state index in [-0.39, 0.29) is 0 Å². The van der Waals surface area contributed by atoms with Gasteiger partial charge in [-0.1, -0.05) is 0 Å². The first-order valence-corrected chi connectivity index (χ1v) is 6.45. The van der Waals surface area contributed by atoms with Gasteiger partial charge in [-0.2, -0.15) is 0 Å². The van der Waals surface area contributed by atoms with Crippen LogP contribution in [0.2, 0.25) is 0 Å². The number of alkyl halides is 1. The zero-order valence-electron chi connectivity index (χ0n) is 10.4. The lowest BCUT2D eigenvalue weighted by Gasteiger charge is -2.07. The molecule has 0 atom stereocenters. The standard InChI is InChI=1S/C13H12ClN5/c1-9-16-5-2-10(17-9)8-19-12-3-4-15-7-11(12)18-13(19)6-14/h2-5,7H,6,8H2,1H3. The van der Waals surface area contributed by atoms with Crippen molar-refractivity contribution < 1.29 is 0 Å². The summed E-state index contributed by atoms with van der Waals surface area (Å²) in [7, 11) is 0. The average molecular weight is 274 g/mol. The number of rotatable bonds is 3. The molecule has 0 fully saturated rings. The lowest BCUT2D eigenvalue weighted by atomic mass is 10.3. The quantitative estimate of drug-likeness (QED) is 0.687. The van der Waals surface area contributed by atoms with Crippen molar-refractivity contribution in [2.75, 3.05) is 0 Å². The van der Waals surface area contributed by atoms with Crippen LogP contribution in [0.1, 0.15) is 17.3 Å². The fourth-order valence-corrected chi connectivity index (χ4v) is 2.27. The molecular formula is C13H12ClN5. The largest absolute Gasteiger partial charge is 0.321 e. The fraction of sp³-hybridized carbons (Fsp3) is 0.231. The first-order valence-electron chi connectivity index (χ1n) is 5.91. The predicted molar refractivity (Wildman–Crippen MR) is 73.0 cm³/mol. The van der Waals surface area contributed by atoms with Crippen LogP contribution in [-0.4, -0.2) is 24.5 Å². The summed E-state index contributed by atoms with van der Waals surface area (Å²) in [6, 6.07) is 3.84. The monoisotopic (exact) mass is 273 g/mol. The highest BCUT2D eigenvalue weighted by Gasteiger charge is 2.10. The van der Waals surface area contributed by atoms with Crippen LogP contribution in [0.5, 0.6) is 0 Å². The van der Waals surface area contributed by atoms with E-state index >= 15 is 0 Å². The van der Waals surface area contributed by atoms with Crippen LogP contribution in [0.3, 0.4) is 0 Å². The third-order valence-corrected chi connectivity index (χ3v) is 3.14. The van der Waals surface area contributed by atoms with E-state index in [1.807, 2.05) is 19.1 Å². The first kappa shape index (κ1) is 12.0. The molecule has 0 unspecified atom stereocenters. The minimum absolute atomic E-state index is 0.360. The normalized spacial score (nSPS) is 11.1. The van der Waals surface area contributed by atoms with Crippen LogP contribution in [-0.2, 0) is 12.4 Å². The molecule has 0 spiro atoms. The van der Waals surface area contributed by atoms with E-state index in [0.717, 1.165) is 28.4 Å².